The van der Waals surface area contributed by atoms with Crippen molar-refractivity contribution in [3.05, 3.63) is 45.7 Å². The minimum atomic E-state index is -0.458. The first-order valence-corrected chi connectivity index (χ1v) is 7.51. The van der Waals surface area contributed by atoms with E-state index in [0.717, 1.165) is 22.7 Å². The molecule has 0 aliphatic heterocycles. The van der Waals surface area contributed by atoms with Crippen molar-refractivity contribution in [1.29, 1.82) is 0 Å². The number of aryl methyl sites for hydroxylation is 2. The van der Waals surface area contributed by atoms with Crippen LogP contribution in [0.5, 0.6) is 0 Å². The van der Waals surface area contributed by atoms with Crippen LogP contribution in [-0.2, 0) is 5.54 Å². The summed E-state index contributed by atoms with van der Waals surface area (Å²) in [6.45, 7) is 7.89. The summed E-state index contributed by atoms with van der Waals surface area (Å²) >= 11 is 1.58. The van der Waals surface area contributed by atoms with Gasteiger partial charge in [0, 0.05) is 17.3 Å². The van der Waals surface area contributed by atoms with Gasteiger partial charge >= 0.3 is 0 Å². The third kappa shape index (κ3) is 2.88. The summed E-state index contributed by atoms with van der Waals surface area (Å²) < 4.78 is 0. The van der Waals surface area contributed by atoms with E-state index in [-0.39, 0.29) is 5.91 Å². The van der Waals surface area contributed by atoms with E-state index in [2.05, 4.69) is 15.3 Å². The monoisotopic (exact) mass is 289 g/mol. The quantitative estimate of drug-likeness (QED) is 0.940. The van der Waals surface area contributed by atoms with Gasteiger partial charge < -0.3 is 5.32 Å². The third-order valence-electron chi connectivity index (χ3n) is 3.41. The molecule has 0 saturated carbocycles. The Labute approximate surface area is 123 Å². The number of rotatable bonds is 4. The molecule has 2 aromatic heterocycles. The molecule has 20 heavy (non-hydrogen) atoms. The summed E-state index contributed by atoms with van der Waals surface area (Å²) in [6, 6.07) is 3.72. The van der Waals surface area contributed by atoms with Gasteiger partial charge in [0.05, 0.1) is 5.54 Å². The second-order valence-electron chi connectivity index (χ2n) is 5.10. The molecule has 1 amide bonds. The average Bonchev–Trinajstić information content (AvgIpc) is 2.86. The summed E-state index contributed by atoms with van der Waals surface area (Å²) in [5.74, 6) is -0.152. The Bertz CT molecular complexity index is 623. The normalized spacial score (nSPS) is 13.8. The number of nitrogens with one attached hydrogen (secondary N) is 1. The molecule has 1 atom stereocenters. The molecule has 1 unspecified atom stereocenters. The molecule has 0 bridgehead atoms. The lowest BCUT2D eigenvalue weighted by Crippen LogP contribution is -2.43. The Kier molecular flexibility index (Phi) is 4.18. The number of amides is 1. The van der Waals surface area contributed by atoms with Crippen molar-refractivity contribution < 1.29 is 4.79 Å². The molecule has 2 heterocycles. The van der Waals surface area contributed by atoms with Crippen LogP contribution in [0.2, 0.25) is 0 Å². The Morgan fingerprint density at radius 2 is 2.20 bits per heavy atom. The zero-order valence-electron chi connectivity index (χ0n) is 12.2. The lowest BCUT2D eigenvalue weighted by atomic mass is 9.99. The van der Waals surface area contributed by atoms with E-state index in [1.165, 1.54) is 0 Å². The Balaban J connectivity index is 2.26. The van der Waals surface area contributed by atoms with Crippen molar-refractivity contribution >= 4 is 17.2 Å². The van der Waals surface area contributed by atoms with E-state index >= 15 is 0 Å². The fourth-order valence-electron chi connectivity index (χ4n) is 1.93. The number of pyridine rings is 1. The molecule has 2 aromatic rings. The summed E-state index contributed by atoms with van der Waals surface area (Å²) in [6.07, 6.45) is 2.41. The van der Waals surface area contributed by atoms with Crippen molar-refractivity contribution in [1.82, 2.24) is 15.3 Å². The second kappa shape index (κ2) is 5.71. The highest BCUT2D eigenvalue weighted by atomic mass is 32.1. The Morgan fingerprint density at radius 3 is 2.75 bits per heavy atom. The fraction of sp³-hybridized carbons (Fsp3) is 0.400. The lowest BCUT2D eigenvalue weighted by Gasteiger charge is -2.27. The molecule has 5 heteroatoms. The van der Waals surface area contributed by atoms with Crippen LogP contribution in [0.15, 0.2) is 23.7 Å². The number of hydrogen-bond acceptors (Lipinski definition) is 4. The van der Waals surface area contributed by atoms with Gasteiger partial charge in [-0.2, -0.15) is 0 Å². The molecule has 0 aromatic carbocycles. The molecule has 0 spiro atoms. The van der Waals surface area contributed by atoms with Crippen molar-refractivity contribution in [3.63, 3.8) is 0 Å². The Morgan fingerprint density at radius 1 is 1.45 bits per heavy atom. The van der Waals surface area contributed by atoms with Gasteiger partial charge in [0.15, 0.2) is 0 Å². The standard InChI is InChI=1S/C15H19N3OS/c1-5-15(4,14-17-11(3)9-20-14)18-13(19)12-10(2)7-6-8-16-12/h6-9H,5H2,1-4H3,(H,18,19). The largest absolute Gasteiger partial charge is 0.339 e. The van der Waals surface area contributed by atoms with E-state index < -0.39 is 5.54 Å². The lowest BCUT2D eigenvalue weighted by molar-refractivity contribution is 0.0896. The predicted molar refractivity (Wildman–Crippen MR) is 80.9 cm³/mol. The molecule has 0 aliphatic carbocycles. The molecule has 2 rings (SSSR count). The number of thiazole rings is 1. The molecule has 106 valence electrons. The number of aromatic nitrogens is 2. The smallest absolute Gasteiger partial charge is 0.270 e. The summed E-state index contributed by atoms with van der Waals surface area (Å²) in [7, 11) is 0. The minimum Gasteiger partial charge on any atom is -0.339 e. The maximum atomic E-state index is 12.4. The van der Waals surface area contributed by atoms with Crippen molar-refractivity contribution in [2.75, 3.05) is 0 Å². The predicted octanol–water partition coefficient (Wildman–Crippen LogP) is 3.21. The first kappa shape index (κ1) is 14.7. The second-order valence-corrected chi connectivity index (χ2v) is 5.96. The molecule has 1 N–H and O–H groups in total. The van der Waals surface area contributed by atoms with Crippen LogP contribution < -0.4 is 5.32 Å². The van der Waals surface area contributed by atoms with Gasteiger partial charge in [-0.15, -0.1) is 11.3 Å². The van der Waals surface area contributed by atoms with Crippen LogP contribution in [0.25, 0.3) is 0 Å². The van der Waals surface area contributed by atoms with Gasteiger partial charge in [0.1, 0.15) is 10.7 Å². The summed E-state index contributed by atoms with van der Waals surface area (Å²) in [4.78, 5) is 21.1. The highest BCUT2D eigenvalue weighted by Gasteiger charge is 2.30. The van der Waals surface area contributed by atoms with Gasteiger partial charge in [0.25, 0.3) is 5.91 Å². The van der Waals surface area contributed by atoms with E-state index in [1.54, 1.807) is 17.5 Å². The number of carbonyl (C=O) groups excluding carboxylic acids is 1. The maximum absolute atomic E-state index is 12.4. The number of carbonyl (C=O) groups is 1. The summed E-state index contributed by atoms with van der Waals surface area (Å²) in [5.41, 5.74) is 1.87. The van der Waals surface area contributed by atoms with Crippen LogP contribution in [0.3, 0.4) is 0 Å². The van der Waals surface area contributed by atoms with Crippen molar-refractivity contribution in [2.45, 2.75) is 39.7 Å². The van der Waals surface area contributed by atoms with E-state index in [4.69, 9.17) is 0 Å². The van der Waals surface area contributed by atoms with Crippen molar-refractivity contribution in [3.8, 4) is 0 Å². The third-order valence-corrected chi connectivity index (χ3v) is 4.64. The number of hydrogen-bond donors (Lipinski definition) is 1. The van der Waals surface area contributed by atoms with Gasteiger partial charge in [-0.1, -0.05) is 13.0 Å². The van der Waals surface area contributed by atoms with Gasteiger partial charge in [-0.3, -0.25) is 9.78 Å². The first-order chi connectivity index (χ1) is 9.46. The van der Waals surface area contributed by atoms with E-state index in [1.807, 2.05) is 45.2 Å². The van der Waals surface area contributed by atoms with Gasteiger partial charge in [0.2, 0.25) is 0 Å². The zero-order valence-corrected chi connectivity index (χ0v) is 13.0. The van der Waals surface area contributed by atoms with Crippen LogP contribution in [0, 0.1) is 13.8 Å². The highest BCUT2D eigenvalue weighted by molar-refractivity contribution is 7.09. The number of nitrogens with zero attached hydrogens (tertiary/aromatic N) is 2. The SMILES string of the molecule is CCC(C)(NC(=O)c1ncccc1C)c1nc(C)cs1. The average molecular weight is 289 g/mol. The maximum Gasteiger partial charge on any atom is 0.270 e. The first-order valence-electron chi connectivity index (χ1n) is 6.63. The highest BCUT2D eigenvalue weighted by Crippen LogP contribution is 2.28. The van der Waals surface area contributed by atoms with E-state index in [9.17, 15) is 4.79 Å². The van der Waals surface area contributed by atoms with Crippen LogP contribution >= 0.6 is 11.3 Å². The summed E-state index contributed by atoms with van der Waals surface area (Å²) in [5, 5.41) is 6.01. The molecule has 4 nitrogen and oxygen atoms in total. The molecule has 0 saturated heterocycles. The molecular weight excluding hydrogens is 270 g/mol. The van der Waals surface area contributed by atoms with Gasteiger partial charge in [-0.05, 0) is 38.8 Å². The van der Waals surface area contributed by atoms with Crippen LogP contribution in [0.4, 0.5) is 0 Å². The van der Waals surface area contributed by atoms with E-state index in [0.29, 0.717) is 5.69 Å². The van der Waals surface area contributed by atoms with Crippen molar-refractivity contribution in [2.24, 2.45) is 0 Å². The molecule has 0 fully saturated rings. The molecular formula is C15H19N3OS. The minimum absolute atomic E-state index is 0.152. The molecule has 0 radical (unpaired) electrons. The van der Waals surface area contributed by atoms with Gasteiger partial charge in [-0.25, -0.2) is 4.98 Å². The fourth-order valence-corrected chi connectivity index (χ4v) is 2.92. The van der Waals surface area contributed by atoms with Crippen LogP contribution in [0.1, 0.15) is 47.0 Å². The van der Waals surface area contributed by atoms with Crippen LogP contribution in [-0.4, -0.2) is 15.9 Å². The molecule has 0 aliphatic rings. The topological polar surface area (TPSA) is 54.9 Å². The Hall–Kier alpha value is -1.75. The zero-order chi connectivity index (χ0) is 14.8.